The first kappa shape index (κ1) is 21.1. The van der Waals surface area contributed by atoms with Crippen molar-refractivity contribution in [2.24, 2.45) is 10.8 Å². The van der Waals surface area contributed by atoms with Gasteiger partial charge < -0.3 is 28.4 Å². The van der Waals surface area contributed by atoms with E-state index in [2.05, 4.69) is 0 Å². The Bertz CT molecular complexity index is 458. The molecule has 2 heterocycles. The summed E-state index contributed by atoms with van der Waals surface area (Å²) in [6.45, 7) is 10.9. The summed E-state index contributed by atoms with van der Waals surface area (Å²) in [5.74, 6) is -0.626. The Labute approximate surface area is 154 Å². The van der Waals surface area contributed by atoms with Gasteiger partial charge in [0.15, 0.2) is 0 Å². The zero-order valence-corrected chi connectivity index (χ0v) is 16.4. The Morgan fingerprint density at radius 1 is 0.731 bits per heavy atom. The van der Waals surface area contributed by atoms with Crippen LogP contribution in [0.4, 0.5) is 0 Å². The van der Waals surface area contributed by atoms with Crippen molar-refractivity contribution in [2.45, 2.75) is 66.0 Å². The van der Waals surface area contributed by atoms with Crippen LogP contribution in [0.3, 0.4) is 0 Å². The van der Waals surface area contributed by atoms with E-state index >= 15 is 0 Å². The van der Waals surface area contributed by atoms with E-state index in [1.165, 1.54) is 0 Å². The summed E-state index contributed by atoms with van der Waals surface area (Å²) in [6, 6.07) is 0. The van der Waals surface area contributed by atoms with Gasteiger partial charge in [0.05, 0.1) is 10.8 Å². The molecule has 0 spiro atoms. The normalized spacial score (nSPS) is 29.6. The lowest BCUT2D eigenvalue weighted by molar-refractivity contribution is -0.329. The number of carbonyl (C=O) groups excluding carboxylic acids is 2. The van der Waals surface area contributed by atoms with Crippen molar-refractivity contribution in [1.82, 2.24) is 0 Å². The molecular formula is C18H30O8. The van der Waals surface area contributed by atoms with Crippen molar-refractivity contribution < 1.29 is 38.0 Å². The molecule has 0 aromatic rings. The highest BCUT2D eigenvalue weighted by Gasteiger charge is 2.45. The molecule has 2 fully saturated rings. The van der Waals surface area contributed by atoms with E-state index < -0.39 is 35.2 Å². The van der Waals surface area contributed by atoms with Crippen molar-refractivity contribution in [2.75, 3.05) is 26.8 Å². The summed E-state index contributed by atoms with van der Waals surface area (Å²) < 4.78 is 33.0. The van der Waals surface area contributed by atoms with Crippen LogP contribution in [0.1, 0.15) is 41.5 Å². The fourth-order valence-corrected chi connectivity index (χ4v) is 2.46. The lowest BCUT2D eigenvalue weighted by Crippen LogP contribution is -2.59. The second-order valence-corrected chi connectivity index (χ2v) is 8.61. The van der Waals surface area contributed by atoms with Gasteiger partial charge in [0.2, 0.25) is 0 Å². The van der Waals surface area contributed by atoms with E-state index in [1.54, 1.807) is 41.5 Å². The van der Waals surface area contributed by atoms with Gasteiger partial charge in [-0.1, -0.05) is 0 Å². The smallest absolute Gasteiger partial charge is 0.311 e. The number of ether oxygens (including phenoxy) is 6. The molecule has 2 aliphatic rings. The van der Waals surface area contributed by atoms with Gasteiger partial charge >= 0.3 is 11.9 Å². The van der Waals surface area contributed by atoms with Crippen LogP contribution in [-0.2, 0) is 38.0 Å². The fourth-order valence-electron chi connectivity index (χ4n) is 2.46. The highest BCUT2D eigenvalue weighted by molar-refractivity contribution is 5.75. The molecule has 0 bridgehead atoms. The zero-order chi connectivity index (χ0) is 19.5. The molecule has 4 atom stereocenters. The lowest BCUT2D eigenvalue weighted by atomic mass is 9.97. The van der Waals surface area contributed by atoms with Crippen LogP contribution >= 0.6 is 0 Å². The summed E-state index contributed by atoms with van der Waals surface area (Å²) in [5, 5.41) is 0. The molecule has 0 aromatic carbocycles. The third-order valence-electron chi connectivity index (χ3n) is 4.12. The second kappa shape index (κ2) is 8.21. The van der Waals surface area contributed by atoms with Crippen LogP contribution in [-0.4, -0.2) is 63.2 Å². The van der Waals surface area contributed by atoms with E-state index in [4.69, 9.17) is 28.4 Å². The van der Waals surface area contributed by atoms with Crippen molar-refractivity contribution in [3.63, 3.8) is 0 Å². The highest BCUT2D eigenvalue weighted by atomic mass is 16.8. The third kappa shape index (κ3) is 5.39. The fraction of sp³-hybridized carbons (Fsp3) is 0.889. The van der Waals surface area contributed by atoms with Crippen LogP contribution < -0.4 is 0 Å². The maximum absolute atomic E-state index is 12.0. The molecule has 2 saturated heterocycles. The molecule has 2 aliphatic heterocycles. The number of hydrogen-bond acceptors (Lipinski definition) is 8. The summed E-state index contributed by atoms with van der Waals surface area (Å²) in [7, 11) is 0. The van der Waals surface area contributed by atoms with Gasteiger partial charge in [-0.25, -0.2) is 0 Å². The Kier molecular flexibility index (Phi) is 6.65. The van der Waals surface area contributed by atoms with Crippen LogP contribution in [0.25, 0.3) is 0 Å². The van der Waals surface area contributed by atoms with Crippen LogP contribution in [0, 0.1) is 10.8 Å². The molecule has 0 unspecified atom stereocenters. The van der Waals surface area contributed by atoms with Crippen molar-refractivity contribution in [3.05, 3.63) is 0 Å². The molecule has 0 radical (unpaired) electrons. The Morgan fingerprint density at radius 3 is 1.38 bits per heavy atom. The molecule has 8 nitrogen and oxygen atoms in total. The summed E-state index contributed by atoms with van der Waals surface area (Å²) in [5.41, 5.74) is -1.18. The van der Waals surface area contributed by atoms with Gasteiger partial charge in [-0.2, -0.15) is 0 Å². The van der Waals surface area contributed by atoms with Crippen LogP contribution in [0.15, 0.2) is 0 Å². The van der Waals surface area contributed by atoms with Gasteiger partial charge in [0, 0.05) is 0 Å². The highest BCUT2D eigenvalue weighted by Crippen LogP contribution is 2.27. The number of hydrogen-bond donors (Lipinski definition) is 0. The standard InChI is InChI=1S/C18H30O8/c1-17(2,3)15(19)21-7-11-13-14(26-9-23-11)12(24-10-25-13)8-22-16(20)18(4,5)6/h11-14H,7-10H2,1-6H3/t11-,12-,13-,14-/m1/s1. The van der Waals surface area contributed by atoms with E-state index in [-0.39, 0.29) is 38.7 Å². The number of carbonyl (C=O) groups is 2. The van der Waals surface area contributed by atoms with E-state index in [9.17, 15) is 9.59 Å². The summed E-state index contributed by atoms with van der Waals surface area (Å²) in [6.07, 6.45) is -1.87. The first-order valence-electron chi connectivity index (χ1n) is 8.81. The molecule has 0 N–H and O–H groups in total. The van der Waals surface area contributed by atoms with Crippen LogP contribution in [0.2, 0.25) is 0 Å². The number of esters is 2. The molecule has 0 aromatic heterocycles. The minimum atomic E-state index is -0.592. The minimum absolute atomic E-state index is 0.0232. The third-order valence-corrected chi connectivity index (χ3v) is 4.12. The predicted molar refractivity (Wildman–Crippen MR) is 90.1 cm³/mol. The van der Waals surface area contributed by atoms with Gasteiger partial charge in [-0.05, 0) is 41.5 Å². The minimum Gasteiger partial charge on any atom is -0.462 e. The number of rotatable bonds is 4. The molecule has 0 amide bonds. The maximum Gasteiger partial charge on any atom is 0.311 e. The van der Waals surface area contributed by atoms with Crippen molar-refractivity contribution >= 4 is 11.9 Å². The second-order valence-electron chi connectivity index (χ2n) is 8.61. The van der Waals surface area contributed by atoms with Gasteiger partial charge in [-0.15, -0.1) is 0 Å². The quantitative estimate of drug-likeness (QED) is 0.686. The lowest BCUT2D eigenvalue weighted by Gasteiger charge is -2.43. The zero-order valence-electron chi connectivity index (χ0n) is 16.4. The first-order chi connectivity index (χ1) is 12.0. The van der Waals surface area contributed by atoms with E-state index in [0.717, 1.165) is 0 Å². The van der Waals surface area contributed by atoms with E-state index in [0.29, 0.717) is 0 Å². The van der Waals surface area contributed by atoms with Crippen molar-refractivity contribution in [3.8, 4) is 0 Å². The molecule has 150 valence electrons. The molecular weight excluding hydrogens is 344 g/mol. The maximum atomic E-state index is 12.0. The van der Waals surface area contributed by atoms with E-state index in [1.807, 2.05) is 0 Å². The summed E-state index contributed by atoms with van der Waals surface area (Å²) in [4.78, 5) is 23.9. The Balaban J connectivity index is 1.93. The van der Waals surface area contributed by atoms with Gasteiger partial charge in [0.1, 0.15) is 51.2 Å². The SMILES string of the molecule is CC(C)(C)C(=O)OC[C@H]1OCO[C@H]2[C@@H]1OCO[C@@H]2COC(=O)C(C)(C)C. The molecule has 2 rings (SSSR count). The largest absolute Gasteiger partial charge is 0.462 e. The van der Waals surface area contributed by atoms with Gasteiger partial charge in [0.25, 0.3) is 0 Å². The van der Waals surface area contributed by atoms with Crippen molar-refractivity contribution in [1.29, 1.82) is 0 Å². The Morgan fingerprint density at radius 2 is 1.08 bits per heavy atom. The number of fused-ring (bicyclic) bond motifs is 1. The molecule has 8 heteroatoms. The monoisotopic (exact) mass is 374 g/mol. The predicted octanol–water partition coefficient (Wildman–Crippen LogP) is 1.65. The topological polar surface area (TPSA) is 89.5 Å². The van der Waals surface area contributed by atoms with Crippen LogP contribution in [0.5, 0.6) is 0 Å². The summed E-state index contributed by atoms with van der Waals surface area (Å²) >= 11 is 0. The average molecular weight is 374 g/mol. The first-order valence-corrected chi connectivity index (χ1v) is 8.81. The molecule has 0 aliphatic carbocycles. The van der Waals surface area contributed by atoms with Gasteiger partial charge in [-0.3, -0.25) is 9.59 Å². The molecule has 26 heavy (non-hydrogen) atoms. The average Bonchev–Trinajstić information content (AvgIpc) is 2.55. The Hall–Kier alpha value is -1.22. The molecule has 0 saturated carbocycles.